The standard InChI is InChI=1S/C17H16N2O2/c1-12-8-13(6-7-16(12)21-2)10-17(20)19-15-5-3-4-14(9-15)11-18/h3-9H,10H2,1-2H3,(H,19,20). The maximum atomic E-state index is 12.0. The van der Waals surface area contributed by atoms with E-state index >= 15 is 0 Å². The maximum absolute atomic E-state index is 12.0. The van der Waals surface area contributed by atoms with E-state index in [0.717, 1.165) is 16.9 Å². The number of nitriles is 1. The van der Waals surface area contributed by atoms with Crippen molar-refractivity contribution < 1.29 is 9.53 Å². The van der Waals surface area contributed by atoms with E-state index in [4.69, 9.17) is 10.00 Å². The average molecular weight is 280 g/mol. The van der Waals surface area contributed by atoms with Crippen molar-refractivity contribution >= 4 is 11.6 Å². The van der Waals surface area contributed by atoms with Gasteiger partial charge in [0.15, 0.2) is 0 Å². The molecule has 1 amide bonds. The number of methoxy groups -OCH3 is 1. The molecule has 2 rings (SSSR count). The molecular weight excluding hydrogens is 264 g/mol. The zero-order valence-corrected chi connectivity index (χ0v) is 12.0. The van der Waals surface area contributed by atoms with Gasteiger partial charge in [0.1, 0.15) is 5.75 Å². The van der Waals surface area contributed by atoms with Crippen molar-refractivity contribution in [1.29, 1.82) is 5.26 Å². The van der Waals surface area contributed by atoms with Crippen LogP contribution in [0.25, 0.3) is 0 Å². The second kappa shape index (κ2) is 6.58. The third-order valence-electron chi connectivity index (χ3n) is 3.10. The summed E-state index contributed by atoms with van der Waals surface area (Å²) >= 11 is 0. The summed E-state index contributed by atoms with van der Waals surface area (Å²) in [5, 5.41) is 11.6. The van der Waals surface area contributed by atoms with Crippen LogP contribution in [-0.4, -0.2) is 13.0 Å². The van der Waals surface area contributed by atoms with Gasteiger partial charge in [0.05, 0.1) is 25.2 Å². The van der Waals surface area contributed by atoms with Crippen LogP contribution in [0.1, 0.15) is 16.7 Å². The number of carbonyl (C=O) groups excluding carboxylic acids is 1. The second-order valence-corrected chi connectivity index (χ2v) is 4.72. The van der Waals surface area contributed by atoms with Crippen LogP contribution >= 0.6 is 0 Å². The van der Waals surface area contributed by atoms with Crippen LogP contribution in [0.15, 0.2) is 42.5 Å². The molecule has 106 valence electrons. The Morgan fingerprint density at radius 2 is 2.10 bits per heavy atom. The number of amides is 1. The molecule has 0 aliphatic carbocycles. The molecule has 0 atom stereocenters. The summed E-state index contributed by atoms with van der Waals surface area (Å²) in [5.74, 6) is 0.690. The van der Waals surface area contributed by atoms with E-state index in [1.807, 2.05) is 31.2 Å². The Bertz CT molecular complexity index is 702. The number of carbonyl (C=O) groups is 1. The molecule has 0 radical (unpaired) electrons. The topological polar surface area (TPSA) is 62.1 Å². The number of hydrogen-bond donors (Lipinski definition) is 1. The molecule has 4 heteroatoms. The lowest BCUT2D eigenvalue weighted by atomic mass is 10.1. The summed E-state index contributed by atoms with van der Waals surface area (Å²) in [4.78, 5) is 12.0. The van der Waals surface area contributed by atoms with Gasteiger partial charge in [-0.3, -0.25) is 4.79 Å². The molecule has 0 fully saturated rings. The van der Waals surface area contributed by atoms with Gasteiger partial charge in [-0.05, 0) is 42.3 Å². The zero-order valence-electron chi connectivity index (χ0n) is 12.0. The molecule has 0 saturated heterocycles. The Kier molecular flexibility index (Phi) is 4.57. The van der Waals surface area contributed by atoms with Crippen molar-refractivity contribution in [3.05, 3.63) is 59.2 Å². The van der Waals surface area contributed by atoms with Gasteiger partial charge in [0.25, 0.3) is 0 Å². The SMILES string of the molecule is COc1ccc(CC(=O)Nc2cccc(C#N)c2)cc1C. The van der Waals surface area contributed by atoms with Gasteiger partial charge in [0.2, 0.25) is 5.91 Å². The van der Waals surface area contributed by atoms with Crippen molar-refractivity contribution in [3.63, 3.8) is 0 Å². The summed E-state index contributed by atoms with van der Waals surface area (Å²) < 4.78 is 5.19. The van der Waals surface area contributed by atoms with Crippen molar-refractivity contribution in [2.24, 2.45) is 0 Å². The second-order valence-electron chi connectivity index (χ2n) is 4.72. The van der Waals surface area contributed by atoms with E-state index in [2.05, 4.69) is 5.32 Å². The Labute approximate surface area is 124 Å². The molecule has 2 aromatic carbocycles. The molecule has 0 heterocycles. The fraction of sp³-hybridized carbons (Fsp3) is 0.176. The number of benzene rings is 2. The summed E-state index contributed by atoms with van der Waals surface area (Å²) in [6, 6.07) is 14.6. The molecule has 1 N–H and O–H groups in total. The van der Waals surface area contributed by atoms with Crippen LogP contribution in [-0.2, 0) is 11.2 Å². The summed E-state index contributed by atoms with van der Waals surface area (Å²) in [5.41, 5.74) is 3.06. The van der Waals surface area contributed by atoms with Crippen LogP contribution in [0.5, 0.6) is 5.75 Å². The minimum atomic E-state index is -0.116. The van der Waals surface area contributed by atoms with Crippen LogP contribution in [0.3, 0.4) is 0 Å². The highest BCUT2D eigenvalue weighted by atomic mass is 16.5. The van der Waals surface area contributed by atoms with E-state index in [1.165, 1.54) is 0 Å². The normalized spacial score (nSPS) is 9.76. The van der Waals surface area contributed by atoms with Crippen LogP contribution in [0.2, 0.25) is 0 Å². The molecule has 0 aliphatic rings. The predicted molar refractivity (Wildman–Crippen MR) is 81.2 cm³/mol. The van der Waals surface area contributed by atoms with E-state index in [-0.39, 0.29) is 12.3 Å². The lowest BCUT2D eigenvalue weighted by molar-refractivity contribution is -0.115. The quantitative estimate of drug-likeness (QED) is 0.936. The molecule has 21 heavy (non-hydrogen) atoms. The number of anilines is 1. The zero-order chi connectivity index (χ0) is 15.2. The smallest absolute Gasteiger partial charge is 0.228 e. The van der Waals surface area contributed by atoms with Crippen molar-refractivity contribution in [2.75, 3.05) is 12.4 Å². The van der Waals surface area contributed by atoms with Gasteiger partial charge < -0.3 is 10.1 Å². The molecule has 0 bridgehead atoms. The van der Waals surface area contributed by atoms with Gasteiger partial charge in [-0.2, -0.15) is 5.26 Å². The van der Waals surface area contributed by atoms with Gasteiger partial charge in [-0.15, -0.1) is 0 Å². The van der Waals surface area contributed by atoms with Crippen LogP contribution in [0.4, 0.5) is 5.69 Å². The Balaban J connectivity index is 2.04. The van der Waals surface area contributed by atoms with Gasteiger partial charge in [-0.1, -0.05) is 18.2 Å². The van der Waals surface area contributed by atoms with Crippen molar-refractivity contribution in [2.45, 2.75) is 13.3 Å². The first-order valence-electron chi connectivity index (χ1n) is 6.56. The average Bonchev–Trinajstić information content (AvgIpc) is 2.47. The number of aryl methyl sites for hydroxylation is 1. The van der Waals surface area contributed by atoms with Crippen molar-refractivity contribution in [1.82, 2.24) is 0 Å². The van der Waals surface area contributed by atoms with E-state index < -0.39 is 0 Å². The molecule has 4 nitrogen and oxygen atoms in total. The third kappa shape index (κ3) is 3.83. The number of ether oxygens (including phenoxy) is 1. The first kappa shape index (κ1) is 14.6. The number of nitrogens with zero attached hydrogens (tertiary/aromatic N) is 1. The van der Waals surface area contributed by atoms with E-state index in [1.54, 1.807) is 31.4 Å². The van der Waals surface area contributed by atoms with Gasteiger partial charge in [0, 0.05) is 5.69 Å². The monoisotopic (exact) mass is 280 g/mol. The first-order valence-corrected chi connectivity index (χ1v) is 6.56. The summed E-state index contributed by atoms with van der Waals surface area (Å²) in [6.07, 6.45) is 0.279. The fourth-order valence-electron chi connectivity index (χ4n) is 2.11. The Morgan fingerprint density at radius 1 is 1.29 bits per heavy atom. The largest absolute Gasteiger partial charge is 0.496 e. The highest BCUT2D eigenvalue weighted by molar-refractivity contribution is 5.92. The number of rotatable bonds is 4. The van der Waals surface area contributed by atoms with Gasteiger partial charge in [-0.25, -0.2) is 0 Å². The predicted octanol–water partition coefficient (Wildman–Crippen LogP) is 3.06. The summed E-state index contributed by atoms with van der Waals surface area (Å²) in [7, 11) is 1.62. The first-order chi connectivity index (χ1) is 10.1. The van der Waals surface area contributed by atoms with Crippen LogP contribution < -0.4 is 10.1 Å². The number of nitrogens with one attached hydrogen (secondary N) is 1. The van der Waals surface area contributed by atoms with E-state index in [0.29, 0.717) is 11.3 Å². The third-order valence-corrected chi connectivity index (χ3v) is 3.10. The molecule has 0 unspecified atom stereocenters. The molecule has 0 spiro atoms. The minimum absolute atomic E-state index is 0.116. The van der Waals surface area contributed by atoms with Crippen molar-refractivity contribution in [3.8, 4) is 11.8 Å². The molecule has 2 aromatic rings. The van der Waals surface area contributed by atoms with E-state index in [9.17, 15) is 4.79 Å². The van der Waals surface area contributed by atoms with Gasteiger partial charge >= 0.3 is 0 Å². The highest BCUT2D eigenvalue weighted by Crippen LogP contribution is 2.19. The van der Waals surface area contributed by atoms with Crippen LogP contribution in [0, 0.1) is 18.3 Å². The number of hydrogen-bond acceptors (Lipinski definition) is 3. The molecule has 0 saturated carbocycles. The molecule has 0 aliphatic heterocycles. The Hall–Kier alpha value is -2.80. The lowest BCUT2D eigenvalue weighted by Crippen LogP contribution is -2.14. The summed E-state index contributed by atoms with van der Waals surface area (Å²) in [6.45, 7) is 1.94. The molecular formula is C17H16N2O2. The Morgan fingerprint density at radius 3 is 2.76 bits per heavy atom. The fourth-order valence-corrected chi connectivity index (χ4v) is 2.11. The highest BCUT2D eigenvalue weighted by Gasteiger charge is 2.06. The lowest BCUT2D eigenvalue weighted by Gasteiger charge is -2.08. The molecule has 0 aromatic heterocycles. The maximum Gasteiger partial charge on any atom is 0.228 e. The minimum Gasteiger partial charge on any atom is -0.496 e.